The van der Waals surface area contributed by atoms with E-state index in [9.17, 15) is 5.11 Å². The molecule has 0 aliphatic carbocycles. The van der Waals surface area contributed by atoms with Gasteiger partial charge in [-0.05, 0) is 37.1 Å². The van der Waals surface area contributed by atoms with Crippen molar-refractivity contribution in [1.82, 2.24) is 9.97 Å². The lowest BCUT2D eigenvalue weighted by atomic mass is 9.95. The Morgan fingerprint density at radius 1 is 1.00 bits per heavy atom. The molecule has 1 unspecified atom stereocenters. The normalized spacial score (nSPS) is 12.1. The highest BCUT2D eigenvalue weighted by Crippen LogP contribution is 2.36. The standard InChI is InChI=1S/C23H20ClN3O/c1-14-5-7-17(8-6-14)20(27-23-15(2)12-18(24)13-26-23)19-10-9-16-4-3-11-25-21(16)22(19)28/h3-13,20,28H,1-2H3,(H,26,27). The highest BCUT2D eigenvalue weighted by Gasteiger charge is 2.21. The van der Waals surface area contributed by atoms with Crippen molar-refractivity contribution >= 4 is 28.3 Å². The fourth-order valence-corrected chi connectivity index (χ4v) is 3.52. The maximum absolute atomic E-state index is 11.0. The van der Waals surface area contributed by atoms with Crippen LogP contribution in [-0.4, -0.2) is 15.1 Å². The van der Waals surface area contributed by atoms with Crippen LogP contribution in [0.25, 0.3) is 10.9 Å². The van der Waals surface area contributed by atoms with Gasteiger partial charge in [-0.15, -0.1) is 0 Å². The monoisotopic (exact) mass is 389 g/mol. The summed E-state index contributed by atoms with van der Waals surface area (Å²) >= 11 is 6.06. The minimum atomic E-state index is -0.292. The third-order valence-corrected chi connectivity index (χ3v) is 5.03. The van der Waals surface area contributed by atoms with E-state index in [1.54, 1.807) is 12.4 Å². The second-order valence-corrected chi connectivity index (χ2v) is 7.32. The molecule has 0 fully saturated rings. The molecule has 5 heteroatoms. The molecular weight excluding hydrogens is 370 g/mol. The lowest BCUT2D eigenvalue weighted by Gasteiger charge is -2.23. The van der Waals surface area contributed by atoms with Crippen LogP contribution in [-0.2, 0) is 0 Å². The topological polar surface area (TPSA) is 58.0 Å². The van der Waals surface area contributed by atoms with Gasteiger partial charge >= 0.3 is 0 Å². The molecule has 2 heterocycles. The third-order valence-electron chi connectivity index (χ3n) is 4.83. The Kier molecular flexibility index (Phi) is 4.88. The number of pyridine rings is 2. The number of nitrogens with zero attached hydrogens (tertiary/aromatic N) is 2. The molecule has 0 amide bonds. The Hall–Kier alpha value is -3.11. The molecule has 0 radical (unpaired) electrons. The van der Waals surface area contributed by atoms with Gasteiger partial charge in [-0.2, -0.15) is 0 Å². The van der Waals surface area contributed by atoms with E-state index in [1.807, 2.05) is 37.3 Å². The zero-order valence-corrected chi connectivity index (χ0v) is 16.4. The van der Waals surface area contributed by atoms with E-state index >= 15 is 0 Å². The molecule has 140 valence electrons. The molecule has 2 aromatic heterocycles. The van der Waals surface area contributed by atoms with E-state index in [2.05, 4.69) is 46.5 Å². The van der Waals surface area contributed by atoms with Crippen LogP contribution in [0.4, 0.5) is 5.82 Å². The number of phenolic OH excluding ortho intramolecular Hbond substituents is 1. The van der Waals surface area contributed by atoms with Gasteiger partial charge in [0.05, 0.1) is 11.1 Å². The van der Waals surface area contributed by atoms with Crippen molar-refractivity contribution < 1.29 is 5.11 Å². The van der Waals surface area contributed by atoms with Gasteiger partial charge in [0, 0.05) is 23.3 Å². The van der Waals surface area contributed by atoms with E-state index in [0.717, 1.165) is 27.9 Å². The minimum absolute atomic E-state index is 0.169. The lowest BCUT2D eigenvalue weighted by molar-refractivity contribution is 0.471. The van der Waals surface area contributed by atoms with Crippen LogP contribution < -0.4 is 5.32 Å². The number of halogens is 1. The Balaban J connectivity index is 1.85. The number of rotatable bonds is 4. The number of aromatic hydroxyl groups is 1. The van der Waals surface area contributed by atoms with Crippen molar-refractivity contribution in [3.8, 4) is 5.75 Å². The average molecular weight is 390 g/mol. The smallest absolute Gasteiger partial charge is 0.147 e. The molecule has 0 saturated heterocycles. The number of anilines is 1. The van der Waals surface area contributed by atoms with Crippen molar-refractivity contribution in [3.05, 3.63) is 94.3 Å². The van der Waals surface area contributed by atoms with Gasteiger partial charge in [0.1, 0.15) is 17.1 Å². The predicted molar refractivity (Wildman–Crippen MR) is 114 cm³/mol. The van der Waals surface area contributed by atoms with E-state index < -0.39 is 0 Å². The number of benzene rings is 2. The van der Waals surface area contributed by atoms with Crippen LogP contribution in [0.2, 0.25) is 5.02 Å². The Labute approximate surface area is 168 Å². The molecule has 0 bridgehead atoms. The van der Waals surface area contributed by atoms with Gasteiger partial charge in [0.15, 0.2) is 0 Å². The summed E-state index contributed by atoms with van der Waals surface area (Å²) in [6.07, 6.45) is 3.30. The molecular formula is C23H20ClN3O. The summed E-state index contributed by atoms with van der Waals surface area (Å²) in [7, 11) is 0. The summed E-state index contributed by atoms with van der Waals surface area (Å²) in [5.74, 6) is 0.887. The Morgan fingerprint density at radius 3 is 2.54 bits per heavy atom. The van der Waals surface area contributed by atoms with Gasteiger partial charge in [0.25, 0.3) is 0 Å². The summed E-state index contributed by atoms with van der Waals surface area (Å²) in [6.45, 7) is 4.00. The minimum Gasteiger partial charge on any atom is -0.505 e. The average Bonchev–Trinajstić information content (AvgIpc) is 2.69. The molecule has 0 aliphatic heterocycles. The van der Waals surface area contributed by atoms with E-state index in [4.69, 9.17) is 11.6 Å². The summed E-state index contributed by atoms with van der Waals surface area (Å²) < 4.78 is 0. The van der Waals surface area contributed by atoms with Crippen LogP contribution in [0, 0.1) is 13.8 Å². The van der Waals surface area contributed by atoms with Crippen molar-refractivity contribution in [3.63, 3.8) is 0 Å². The van der Waals surface area contributed by atoms with Gasteiger partial charge in [-0.3, -0.25) is 4.98 Å². The first-order chi connectivity index (χ1) is 13.5. The molecule has 4 aromatic rings. The molecule has 0 spiro atoms. The predicted octanol–water partition coefficient (Wildman–Crippen LogP) is 5.81. The number of nitrogens with one attached hydrogen (secondary N) is 1. The maximum atomic E-state index is 11.0. The highest BCUT2D eigenvalue weighted by atomic mass is 35.5. The molecule has 2 N–H and O–H groups in total. The van der Waals surface area contributed by atoms with Crippen LogP contribution >= 0.6 is 11.6 Å². The molecule has 28 heavy (non-hydrogen) atoms. The molecule has 1 atom stereocenters. The van der Waals surface area contributed by atoms with E-state index in [-0.39, 0.29) is 11.8 Å². The number of aryl methyl sites for hydroxylation is 2. The number of aromatic nitrogens is 2. The molecule has 4 nitrogen and oxygen atoms in total. The zero-order valence-electron chi connectivity index (χ0n) is 15.6. The number of phenols is 1. The molecule has 0 aliphatic rings. The fraction of sp³-hybridized carbons (Fsp3) is 0.130. The van der Waals surface area contributed by atoms with Crippen molar-refractivity contribution in [1.29, 1.82) is 0 Å². The van der Waals surface area contributed by atoms with Gasteiger partial charge in [0.2, 0.25) is 0 Å². The Morgan fingerprint density at radius 2 is 1.79 bits per heavy atom. The SMILES string of the molecule is Cc1ccc(C(Nc2ncc(Cl)cc2C)c2ccc3cccnc3c2O)cc1. The second-order valence-electron chi connectivity index (χ2n) is 6.89. The number of fused-ring (bicyclic) bond motifs is 1. The Bertz CT molecular complexity index is 1140. The molecule has 4 rings (SSSR count). The van der Waals surface area contributed by atoms with Crippen molar-refractivity contribution in [2.24, 2.45) is 0 Å². The largest absolute Gasteiger partial charge is 0.505 e. The summed E-state index contributed by atoms with van der Waals surface area (Å²) in [5, 5.41) is 15.9. The lowest BCUT2D eigenvalue weighted by Crippen LogP contribution is -2.14. The second kappa shape index (κ2) is 7.49. The van der Waals surface area contributed by atoms with Crippen LogP contribution in [0.1, 0.15) is 28.3 Å². The van der Waals surface area contributed by atoms with E-state index in [0.29, 0.717) is 10.5 Å². The number of hydrogen-bond acceptors (Lipinski definition) is 4. The zero-order chi connectivity index (χ0) is 19.7. The summed E-state index contributed by atoms with van der Waals surface area (Å²) in [5.41, 5.74) is 4.45. The first-order valence-corrected chi connectivity index (χ1v) is 9.42. The highest BCUT2D eigenvalue weighted by molar-refractivity contribution is 6.30. The van der Waals surface area contributed by atoms with Crippen molar-refractivity contribution in [2.75, 3.05) is 5.32 Å². The van der Waals surface area contributed by atoms with E-state index in [1.165, 1.54) is 5.56 Å². The number of hydrogen-bond donors (Lipinski definition) is 2. The van der Waals surface area contributed by atoms with Crippen molar-refractivity contribution in [2.45, 2.75) is 19.9 Å². The quantitative estimate of drug-likeness (QED) is 0.462. The summed E-state index contributed by atoms with van der Waals surface area (Å²) in [6, 6.07) is 17.5. The molecule has 0 saturated carbocycles. The van der Waals surface area contributed by atoms with Gasteiger partial charge in [-0.25, -0.2) is 4.98 Å². The van der Waals surface area contributed by atoms with Gasteiger partial charge in [-0.1, -0.05) is 59.6 Å². The first-order valence-electron chi connectivity index (χ1n) is 9.05. The fourth-order valence-electron chi connectivity index (χ4n) is 3.31. The first kappa shape index (κ1) is 18.3. The van der Waals surface area contributed by atoms with Crippen LogP contribution in [0.15, 0.2) is 67.0 Å². The maximum Gasteiger partial charge on any atom is 0.147 e. The van der Waals surface area contributed by atoms with Crippen LogP contribution in [0.5, 0.6) is 5.75 Å². The third kappa shape index (κ3) is 3.51. The summed E-state index contributed by atoms with van der Waals surface area (Å²) in [4.78, 5) is 8.79. The molecule has 2 aromatic carbocycles. The van der Waals surface area contributed by atoms with Gasteiger partial charge < -0.3 is 10.4 Å². The van der Waals surface area contributed by atoms with Crippen LogP contribution in [0.3, 0.4) is 0 Å².